The third-order valence-electron chi connectivity index (χ3n) is 12.3. The Morgan fingerprint density at radius 2 is 1.36 bits per heavy atom. The molecule has 3 heterocycles. The second-order valence-electron chi connectivity index (χ2n) is 15.0. The van der Waals surface area contributed by atoms with Gasteiger partial charge < -0.3 is 9.30 Å². The topological polar surface area (TPSA) is 75.5 Å². The molecule has 0 aromatic carbocycles. The molecule has 8 fully saturated rings. The number of fused-ring (bicyclic) bond motifs is 3. The van der Waals surface area contributed by atoms with Crippen molar-refractivity contribution < 1.29 is 4.74 Å². The molecule has 0 spiro atoms. The second-order valence-corrected chi connectivity index (χ2v) is 15.0. The zero-order chi connectivity index (χ0) is 26.3. The van der Waals surface area contributed by atoms with Crippen LogP contribution < -0.4 is 11.2 Å². The van der Waals surface area contributed by atoms with Crippen molar-refractivity contribution in [3.8, 4) is 0 Å². The summed E-state index contributed by atoms with van der Waals surface area (Å²) in [6, 6.07) is 0. The molecule has 0 atom stereocenters. The van der Waals surface area contributed by atoms with E-state index in [-0.39, 0.29) is 22.3 Å². The van der Waals surface area contributed by atoms with Gasteiger partial charge in [-0.05, 0) is 113 Å². The number of hydrogen-bond acceptors (Lipinski definition) is 4. The van der Waals surface area contributed by atoms with Gasteiger partial charge in [-0.15, -0.1) is 0 Å². The van der Waals surface area contributed by atoms with E-state index in [0.717, 1.165) is 47.8 Å². The Hall–Kier alpha value is -2.35. The summed E-state index contributed by atoms with van der Waals surface area (Å²) in [5.41, 5.74) is 2.02. The van der Waals surface area contributed by atoms with Gasteiger partial charge in [-0.3, -0.25) is 18.3 Å². The summed E-state index contributed by atoms with van der Waals surface area (Å²) in [5.74, 6) is 5.90. The van der Waals surface area contributed by atoms with Gasteiger partial charge in [-0.25, -0.2) is 4.79 Å². The first kappa shape index (κ1) is 23.4. The second kappa shape index (κ2) is 7.68. The van der Waals surface area contributed by atoms with Gasteiger partial charge in [0.2, 0.25) is 5.78 Å². The maximum atomic E-state index is 13.4. The van der Waals surface area contributed by atoms with Crippen LogP contribution in [0.1, 0.15) is 82.7 Å². The van der Waals surface area contributed by atoms with Crippen molar-refractivity contribution in [2.24, 2.45) is 49.6 Å². The van der Waals surface area contributed by atoms with Crippen molar-refractivity contribution in [1.82, 2.24) is 23.1 Å². The fraction of sp³-hybridized carbons (Fsp3) is 0.774. The molecule has 8 heteroatoms. The Labute approximate surface area is 228 Å². The molecule has 0 saturated heterocycles. The monoisotopic (exact) mass is 531 g/mol. The highest BCUT2D eigenvalue weighted by atomic mass is 16.5. The minimum absolute atomic E-state index is 0.0824. The van der Waals surface area contributed by atoms with E-state index >= 15 is 0 Å². The lowest BCUT2D eigenvalue weighted by Crippen LogP contribution is -2.52. The Bertz CT molecular complexity index is 1560. The zero-order valence-electron chi connectivity index (χ0n) is 23.4. The number of nitrogens with zero attached hydrogens (tertiary/aromatic N) is 5. The van der Waals surface area contributed by atoms with E-state index in [0.29, 0.717) is 17.8 Å². The van der Waals surface area contributed by atoms with Gasteiger partial charge >= 0.3 is 5.69 Å². The molecule has 0 radical (unpaired) electrons. The summed E-state index contributed by atoms with van der Waals surface area (Å²) in [6.45, 7) is 1.45. The van der Waals surface area contributed by atoms with E-state index in [1.54, 1.807) is 14.1 Å². The minimum atomic E-state index is -0.328. The summed E-state index contributed by atoms with van der Waals surface area (Å²) in [4.78, 5) is 31.1. The molecule has 8 nitrogen and oxygen atoms in total. The maximum absolute atomic E-state index is 13.4. The van der Waals surface area contributed by atoms with Crippen molar-refractivity contribution in [1.29, 1.82) is 0 Å². The fourth-order valence-electron chi connectivity index (χ4n) is 11.6. The molecular weight excluding hydrogens is 490 g/mol. The van der Waals surface area contributed by atoms with Crippen LogP contribution in [0.25, 0.3) is 16.9 Å². The van der Waals surface area contributed by atoms with E-state index in [2.05, 4.69) is 10.8 Å². The molecule has 8 aliphatic rings. The molecule has 0 unspecified atom stereocenters. The van der Waals surface area contributed by atoms with Gasteiger partial charge in [0.1, 0.15) is 0 Å². The van der Waals surface area contributed by atoms with Crippen LogP contribution in [0.2, 0.25) is 0 Å². The molecule has 8 saturated carbocycles. The molecule has 0 aliphatic heterocycles. The van der Waals surface area contributed by atoms with Gasteiger partial charge in [-0.1, -0.05) is 0 Å². The number of hydrogen-bond donors (Lipinski definition) is 0. The van der Waals surface area contributed by atoms with Crippen LogP contribution in [0.5, 0.6) is 0 Å². The van der Waals surface area contributed by atoms with Crippen LogP contribution in [0, 0.1) is 35.5 Å². The van der Waals surface area contributed by atoms with Gasteiger partial charge in [0.15, 0.2) is 11.2 Å². The van der Waals surface area contributed by atoms with E-state index in [9.17, 15) is 9.59 Å². The van der Waals surface area contributed by atoms with Crippen LogP contribution in [0.15, 0.2) is 15.8 Å². The van der Waals surface area contributed by atoms with Crippen molar-refractivity contribution in [2.45, 2.75) is 94.6 Å². The number of aryl methyl sites for hydroxylation is 1. The van der Waals surface area contributed by atoms with Crippen LogP contribution in [-0.4, -0.2) is 35.3 Å². The number of rotatable bonds is 5. The predicted octanol–water partition coefficient (Wildman–Crippen LogP) is 4.14. The molecule has 11 rings (SSSR count). The third kappa shape index (κ3) is 3.18. The Morgan fingerprint density at radius 1 is 0.821 bits per heavy atom. The summed E-state index contributed by atoms with van der Waals surface area (Å²) < 4.78 is 14.1. The van der Waals surface area contributed by atoms with Crippen molar-refractivity contribution in [2.75, 3.05) is 6.61 Å². The lowest BCUT2D eigenvalue weighted by Gasteiger charge is -2.57. The quantitative estimate of drug-likeness (QED) is 0.496. The zero-order valence-corrected chi connectivity index (χ0v) is 23.4. The van der Waals surface area contributed by atoms with Crippen molar-refractivity contribution >= 4 is 16.9 Å². The third-order valence-corrected chi connectivity index (χ3v) is 12.3. The Balaban J connectivity index is 1.15. The fourth-order valence-corrected chi connectivity index (χ4v) is 11.6. The molecule has 3 aromatic heterocycles. The first-order valence-electron chi connectivity index (χ1n) is 15.6. The van der Waals surface area contributed by atoms with Gasteiger partial charge in [0.25, 0.3) is 5.56 Å². The highest BCUT2D eigenvalue weighted by Crippen LogP contribution is 2.61. The van der Waals surface area contributed by atoms with Crippen molar-refractivity contribution in [3.05, 3.63) is 32.7 Å². The van der Waals surface area contributed by atoms with E-state index in [1.165, 1.54) is 91.9 Å². The Morgan fingerprint density at radius 3 is 1.92 bits per heavy atom. The number of imidazole rings is 2. The summed E-state index contributed by atoms with van der Waals surface area (Å²) >= 11 is 0. The largest absolute Gasteiger partial charge is 0.373 e. The highest BCUT2D eigenvalue weighted by molar-refractivity contribution is 5.75. The first-order chi connectivity index (χ1) is 18.8. The maximum Gasteiger partial charge on any atom is 0.332 e. The molecule has 208 valence electrons. The van der Waals surface area contributed by atoms with Crippen LogP contribution in [0.3, 0.4) is 0 Å². The molecular formula is C31H41N5O3. The van der Waals surface area contributed by atoms with Crippen LogP contribution in [0.4, 0.5) is 0 Å². The molecule has 8 bridgehead atoms. The van der Waals surface area contributed by atoms with E-state index in [4.69, 9.17) is 9.72 Å². The molecule has 8 aliphatic carbocycles. The number of aromatic nitrogens is 5. The lowest BCUT2D eigenvalue weighted by atomic mass is 9.49. The normalized spacial score (nSPS) is 40.1. The number of ether oxygens (including phenoxy) is 1. The van der Waals surface area contributed by atoms with Crippen LogP contribution in [-0.2, 0) is 30.8 Å². The van der Waals surface area contributed by atoms with E-state index in [1.807, 2.05) is 4.40 Å². The molecule has 3 aromatic rings. The smallest absolute Gasteiger partial charge is 0.332 e. The molecule has 0 amide bonds. The van der Waals surface area contributed by atoms with Gasteiger partial charge in [-0.2, -0.15) is 4.98 Å². The first-order valence-corrected chi connectivity index (χ1v) is 15.6. The predicted molar refractivity (Wildman–Crippen MR) is 148 cm³/mol. The van der Waals surface area contributed by atoms with Gasteiger partial charge in [0.05, 0.1) is 12.2 Å². The summed E-state index contributed by atoms with van der Waals surface area (Å²) in [5, 5.41) is 0. The summed E-state index contributed by atoms with van der Waals surface area (Å²) in [7, 11) is 3.29. The SMILES string of the molecule is Cn1c(=O)c2c(nc3n(CCOC45CC6CC(CC(C6)C4)C5)c(C45CC6CC(CC(C6)C4)C5)cn23)n(C)c1=O. The van der Waals surface area contributed by atoms with Gasteiger partial charge in [0, 0.05) is 37.9 Å². The average Bonchev–Trinajstić information content (AvgIpc) is 3.42. The average molecular weight is 532 g/mol. The minimum Gasteiger partial charge on any atom is -0.373 e. The lowest BCUT2D eigenvalue weighted by molar-refractivity contribution is -0.163. The van der Waals surface area contributed by atoms with E-state index < -0.39 is 0 Å². The molecule has 39 heavy (non-hydrogen) atoms. The molecule has 0 N–H and O–H groups in total. The van der Waals surface area contributed by atoms with Crippen LogP contribution >= 0.6 is 0 Å². The summed E-state index contributed by atoms with van der Waals surface area (Å²) in [6.07, 6.45) is 18.2. The highest BCUT2D eigenvalue weighted by Gasteiger charge is 2.54. The Kier molecular flexibility index (Phi) is 4.60. The standard InChI is InChI=1S/C31H41N5O3/c1-33-26-25(27(37)34(2)29(33)38)36-17-24(30-11-18-5-19(12-30)7-20(6-18)13-30)35(28(36)32-26)3-4-39-31-14-21-8-22(15-31)10-23(9-21)16-31/h17-23H,3-16H2,1-2H3. The van der Waals surface area contributed by atoms with Crippen molar-refractivity contribution in [3.63, 3.8) is 0 Å².